The minimum absolute atomic E-state index is 0.365. The monoisotopic (exact) mass is 279 g/mol. The molecule has 1 rings (SSSR count). The van der Waals surface area contributed by atoms with Gasteiger partial charge in [-0.2, -0.15) is 13.2 Å². The molecule has 3 nitrogen and oxygen atoms in total. The summed E-state index contributed by atoms with van der Waals surface area (Å²) in [5.74, 6) is -2.85. The molecule has 0 heterocycles. The van der Waals surface area contributed by atoms with Gasteiger partial charge in [-0.05, 0) is 32.0 Å². The highest BCUT2D eigenvalue weighted by Crippen LogP contribution is 2.32. The Balaban J connectivity index is 2.98. The highest BCUT2D eigenvalue weighted by molar-refractivity contribution is 5.71. The van der Waals surface area contributed by atoms with Crippen LogP contribution >= 0.6 is 0 Å². The highest BCUT2D eigenvalue weighted by atomic mass is 19.4. The SMILES string of the molecule is CC(Nc1cc(C(F)(F)F)ccc1F)C(C)C(=O)O. The van der Waals surface area contributed by atoms with Gasteiger partial charge in [-0.15, -0.1) is 0 Å². The number of aliphatic carboxylic acids is 1. The maximum Gasteiger partial charge on any atom is 0.416 e. The second-order valence-electron chi connectivity index (χ2n) is 4.25. The molecule has 19 heavy (non-hydrogen) atoms. The zero-order valence-corrected chi connectivity index (χ0v) is 10.3. The molecule has 0 radical (unpaired) electrons. The summed E-state index contributed by atoms with van der Waals surface area (Å²) in [7, 11) is 0. The molecule has 1 aromatic rings. The number of rotatable bonds is 4. The number of alkyl halides is 3. The van der Waals surface area contributed by atoms with Crippen LogP contribution in [0.3, 0.4) is 0 Å². The molecular formula is C12H13F4NO2. The van der Waals surface area contributed by atoms with Crippen LogP contribution in [0.1, 0.15) is 19.4 Å². The van der Waals surface area contributed by atoms with Crippen LogP contribution < -0.4 is 5.32 Å². The number of anilines is 1. The lowest BCUT2D eigenvalue weighted by Crippen LogP contribution is -2.30. The van der Waals surface area contributed by atoms with Gasteiger partial charge in [0.2, 0.25) is 0 Å². The van der Waals surface area contributed by atoms with E-state index < -0.39 is 35.5 Å². The third-order valence-corrected chi connectivity index (χ3v) is 2.82. The third-order valence-electron chi connectivity index (χ3n) is 2.82. The number of halogens is 4. The lowest BCUT2D eigenvalue weighted by Gasteiger charge is -2.20. The average Bonchev–Trinajstić information content (AvgIpc) is 2.29. The standard InChI is InChI=1S/C12H13F4NO2/c1-6(11(18)19)7(2)17-10-5-8(12(14,15)16)3-4-9(10)13/h3-7,17H,1-2H3,(H,18,19). The van der Waals surface area contributed by atoms with Gasteiger partial charge in [-0.1, -0.05) is 0 Å². The first-order valence-corrected chi connectivity index (χ1v) is 5.49. The maximum absolute atomic E-state index is 13.4. The van der Waals surface area contributed by atoms with Gasteiger partial charge < -0.3 is 10.4 Å². The Labute approximate surface area is 107 Å². The summed E-state index contributed by atoms with van der Waals surface area (Å²) in [4.78, 5) is 10.7. The predicted molar refractivity (Wildman–Crippen MR) is 61.3 cm³/mol. The second-order valence-corrected chi connectivity index (χ2v) is 4.25. The second kappa shape index (κ2) is 5.46. The van der Waals surface area contributed by atoms with E-state index in [1.165, 1.54) is 13.8 Å². The third kappa shape index (κ3) is 3.84. The van der Waals surface area contributed by atoms with Crippen LogP contribution in [-0.2, 0) is 11.0 Å². The molecule has 0 fully saturated rings. The smallest absolute Gasteiger partial charge is 0.416 e. The Hall–Kier alpha value is -1.79. The molecule has 0 aliphatic carbocycles. The van der Waals surface area contributed by atoms with Gasteiger partial charge >= 0.3 is 12.1 Å². The number of carbonyl (C=O) groups is 1. The molecule has 0 bridgehead atoms. The maximum atomic E-state index is 13.4. The van der Waals surface area contributed by atoms with Gasteiger partial charge in [0.15, 0.2) is 0 Å². The molecule has 0 spiro atoms. The van der Waals surface area contributed by atoms with E-state index in [9.17, 15) is 22.4 Å². The number of carboxylic acids is 1. The summed E-state index contributed by atoms with van der Waals surface area (Å²) in [6.45, 7) is 2.84. The van der Waals surface area contributed by atoms with Crippen LogP contribution in [-0.4, -0.2) is 17.1 Å². The first-order chi connectivity index (χ1) is 8.62. The lowest BCUT2D eigenvalue weighted by atomic mass is 10.0. The van der Waals surface area contributed by atoms with Crippen LogP contribution in [0.15, 0.2) is 18.2 Å². The van der Waals surface area contributed by atoms with Crippen LogP contribution in [0.4, 0.5) is 23.2 Å². The Kier molecular flexibility index (Phi) is 4.39. The number of benzene rings is 1. The molecule has 0 aliphatic heterocycles. The van der Waals surface area contributed by atoms with Crippen molar-refractivity contribution in [3.8, 4) is 0 Å². The molecule has 2 unspecified atom stereocenters. The molecule has 7 heteroatoms. The molecule has 106 valence electrons. The summed E-state index contributed by atoms with van der Waals surface area (Å²) in [6, 6.07) is 1.24. The molecular weight excluding hydrogens is 266 g/mol. The molecule has 1 aromatic carbocycles. The van der Waals surface area contributed by atoms with Gasteiger partial charge in [0.25, 0.3) is 0 Å². The zero-order chi connectivity index (χ0) is 14.8. The number of carboxylic acid groups (broad SMARTS) is 1. The molecule has 2 N–H and O–H groups in total. The number of hydrogen-bond acceptors (Lipinski definition) is 2. The first kappa shape index (κ1) is 15.3. The largest absolute Gasteiger partial charge is 0.481 e. The fourth-order valence-corrected chi connectivity index (χ4v) is 1.40. The Morgan fingerprint density at radius 3 is 2.37 bits per heavy atom. The molecule has 0 amide bonds. The van der Waals surface area contributed by atoms with E-state index in [-0.39, 0.29) is 5.69 Å². The van der Waals surface area contributed by atoms with Gasteiger partial charge in [-0.25, -0.2) is 4.39 Å². The Bertz CT molecular complexity index is 473. The molecule has 0 aliphatic rings. The molecule has 2 atom stereocenters. The normalized spacial score (nSPS) is 14.8. The van der Waals surface area contributed by atoms with Crippen LogP contribution in [0.5, 0.6) is 0 Å². The van der Waals surface area contributed by atoms with E-state index in [1.54, 1.807) is 0 Å². The van der Waals surface area contributed by atoms with E-state index in [2.05, 4.69) is 5.32 Å². The van der Waals surface area contributed by atoms with Crippen molar-refractivity contribution in [2.75, 3.05) is 5.32 Å². The summed E-state index contributed by atoms with van der Waals surface area (Å²) in [6.07, 6.45) is -4.58. The Morgan fingerprint density at radius 2 is 1.89 bits per heavy atom. The molecule has 0 saturated heterocycles. The minimum Gasteiger partial charge on any atom is -0.481 e. The van der Waals surface area contributed by atoms with E-state index in [0.29, 0.717) is 18.2 Å². The van der Waals surface area contributed by atoms with Gasteiger partial charge in [-0.3, -0.25) is 4.79 Å². The predicted octanol–water partition coefficient (Wildman–Crippen LogP) is 3.37. The van der Waals surface area contributed by atoms with Crippen LogP contribution in [0.2, 0.25) is 0 Å². The molecule has 0 saturated carbocycles. The van der Waals surface area contributed by atoms with Crippen molar-refractivity contribution in [3.63, 3.8) is 0 Å². The van der Waals surface area contributed by atoms with Crippen molar-refractivity contribution in [2.45, 2.75) is 26.1 Å². The fraction of sp³-hybridized carbons (Fsp3) is 0.417. The molecule has 0 aromatic heterocycles. The number of nitrogens with one attached hydrogen (secondary N) is 1. The summed E-state index contributed by atoms with van der Waals surface area (Å²) < 4.78 is 50.8. The van der Waals surface area contributed by atoms with E-state index in [0.717, 1.165) is 0 Å². The summed E-state index contributed by atoms with van der Waals surface area (Å²) in [5, 5.41) is 11.2. The van der Waals surface area contributed by atoms with Crippen molar-refractivity contribution in [2.24, 2.45) is 5.92 Å². The summed E-state index contributed by atoms with van der Waals surface area (Å²) in [5.41, 5.74) is -1.36. The van der Waals surface area contributed by atoms with E-state index >= 15 is 0 Å². The van der Waals surface area contributed by atoms with Crippen molar-refractivity contribution in [1.29, 1.82) is 0 Å². The number of hydrogen-bond donors (Lipinski definition) is 2. The van der Waals surface area contributed by atoms with Crippen molar-refractivity contribution in [1.82, 2.24) is 0 Å². The van der Waals surface area contributed by atoms with E-state index in [1.807, 2.05) is 0 Å². The van der Waals surface area contributed by atoms with Crippen LogP contribution in [0, 0.1) is 11.7 Å². The quantitative estimate of drug-likeness (QED) is 0.831. The fourth-order valence-electron chi connectivity index (χ4n) is 1.40. The zero-order valence-electron chi connectivity index (χ0n) is 10.3. The highest BCUT2D eigenvalue weighted by Gasteiger charge is 2.31. The van der Waals surface area contributed by atoms with E-state index in [4.69, 9.17) is 5.11 Å². The van der Waals surface area contributed by atoms with Gasteiger partial charge in [0.1, 0.15) is 5.82 Å². The minimum atomic E-state index is -4.58. The van der Waals surface area contributed by atoms with Crippen LogP contribution in [0.25, 0.3) is 0 Å². The average molecular weight is 279 g/mol. The topological polar surface area (TPSA) is 49.3 Å². The summed E-state index contributed by atoms with van der Waals surface area (Å²) >= 11 is 0. The van der Waals surface area contributed by atoms with Crippen molar-refractivity contribution >= 4 is 11.7 Å². The lowest BCUT2D eigenvalue weighted by molar-refractivity contribution is -0.141. The van der Waals surface area contributed by atoms with Gasteiger partial charge in [0, 0.05) is 6.04 Å². The first-order valence-electron chi connectivity index (χ1n) is 5.49. The van der Waals surface area contributed by atoms with Crippen molar-refractivity contribution < 1.29 is 27.5 Å². The van der Waals surface area contributed by atoms with Gasteiger partial charge in [0.05, 0.1) is 17.2 Å². The Morgan fingerprint density at radius 1 is 1.32 bits per heavy atom. The van der Waals surface area contributed by atoms with Crippen molar-refractivity contribution in [3.05, 3.63) is 29.6 Å².